The first-order chi connectivity index (χ1) is 18.4. The van der Waals surface area contributed by atoms with E-state index < -0.39 is 10.2 Å². The number of fused-ring (bicyclic) bond motifs is 2. The topological polar surface area (TPSA) is 199 Å². The van der Waals surface area contributed by atoms with Crippen LogP contribution in [0.5, 0.6) is 0 Å². The molecule has 0 unspecified atom stereocenters. The van der Waals surface area contributed by atoms with Gasteiger partial charge in [-0.15, -0.1) is 20.2 Å². The third-order valence-electron chi connectivity index (χ3n) is 5.11. The second-order valence-electron chi connectivity index (χ2n) is 8.14. The first kappa shape index (κ1) is 32.5. The summed E-state index contributed by atoms with van der Waals surface area (Å²) >= 11 is 5.29. The lowest BCUT2D eigenvalue weighted by atomic mass is 10.0. The molecule has 0 spiro atoms. The van der Waals surface area contributed by atoms with Crippen LogP contribution in [0.3, 0.4) is 0 Å². The van der Waals surface area contributed by atoms with Gasteiger partial charge in [-0.3, -0.25) is 4.79 Å². The second-order valence-corrected chi connectivity index (χ2v) is 8.53. The van der Waals surface area contributed by atoms with Gasteiger partial charge in [-0.2, -0.15) is 0 Å². The molecule has 0 bridgehead atoms. The molecule has 0 aliphatic heterocycles. The van der Waals surface area contributed by atoms with Crippen LogP contribution in [-0.4, -0.2) is 101 Å². The van der Waals surface area contributed by atoms with E-state index in [0.717, 1.165) is 35.1 Å². The van der Waals surface area contributed by atoms with Gasteiger partial charge in [0.1, 0.15) is 0 Å². The highest BCUT2D eigenvalue weighted by molar-refractivity contribution is 7.80. The highest BCUT2D eigenvalue weighted by Crippen LogP contribution is 2.32. The Morgan fingerprint density at radius 3 is 2.15 bits per heavy atom. The molecule has 3 rings (SSSR count). The Morgan fingerprint density at radius 2 is 1.56 bits per heavy atom. The van der Waals surface area contributed by atoms with E-state index in [0.29, 0.717) is 29.3 Å². The summed E-state index contributed by atoms with van der Waals surface area (Å²) in [6.07, 6.45) is 0. The van der Waals surface area contributed by atoms with E-state index in [1.54, 1.807) is 0 Å². The SMILES string of the molecule is CNC(=S)N(C)CCNc1c2ccccc2nc2c(C(=O)NCCN(C)C)cccc12.O=[N+]([O-])O.O=[N+]([O-])O. The van der Waals surface area contributed by atoms with Crippen molar-refractivity contribution in [2.75, 3.05) is 59.7 Å². The van der Waals surface area contributed by atoms with Gasteiger partial charge < -0.3 is 36.2 Å². The van der Waals surface area contributed by atoms with E-state index in [2.05, 4.69) is 22.0 Å². The van der Waals surface area contributed by atoms with Crippen molar-refractivity contribution < 1.29 is 25.4 Å². The van der Waals surface area contributed by atoms with Gasteiger partial charge in [-0.25, -0.2) is 4.98 Å². The number of nitrogens with zero attached hydrogens (tertiary/aromatic N) is 5. The van der Waals surface area contributed by atoms with E-state index in [1.165, 1.54) is 0 Å². The van der Waals surface area contributed by atoms with Crippen LogP contribution in [0.15, 0.2) is 42.5 Å². The molecule has 16 heteroatoms. The Labute approximate surface area is 229 Å². The van der Waals surface area contributed by atoms with Gasteiger partial charge in [0.25, 0.3) is 16.1 Å². The number of aromatic nitrogens is 1. The van der Waals surface area contributed by atoms with E-state index in [9.17, 15) is 4.79 Å². The number of thiocarbonyl (C=S) groups is 1. The van der Waals surface area contributed by atoms with Crippen molar-refractivity contribution in [1.29, 1.82) is 0 Å². The lowest BCUT2D eigenvalue weighted by Crippen LogP contribution is -2.37. The zero-order valence-corrected chi connectivity index (χ0v) is 22.8. The minimum absolute atomic E-state index is 0.111. The zero-order valence-electron chi connectivity index (χ0n) is 21.9. The van der Waals surface area contributed by atoms with Crippen molar-refractivity contribution in [1.82, 2.24) is 25.4 Å². The van der Waals surface area contributed by atoms with Crippen molar-refractivity contribution in [2.24, 2.45) is 0 Å². The molecule has 0 saturated heterocycles. The van der Waals surface area contributed by atoms with Crippen LogP contribution in [-0.2, 0) is 0 Å². The molecule has 0 aliphatic carbocycles. The first-order valence-corrected chi connectivity index (χ1v) is 11.9. The van der Waals surface area contributed by atoms with E-state index in [-0.39, 0.29) is 5.91 Å². The summed E-state index contributed by atoms with van der Waals surface area (Å²) in [5.74, 6) is -0.111. The molecule has 0 saturated carbocycles. The maximum absolute atomic E-state index is 12.9. The van der Waals surface area contributed by atoms with Crippen molar-refractivity contribution in [3.8, 4) is 0 Å². The quantitative estimate of drug-likeness (QED) is 0.115. The molecular formula is C23H32N8O7S. The molecule has 2 aromatic carbocycles. The third kappa shape index (κ3) is 11.1. The molecule has 39 heavy (non-hydrogen) atoms. The lowest BCUT2D eigenvalue weighted by molar-refractivity contribution is -0.742. The Bertz CT molecular complexity index is 1270. The van der Waals surface area contributed by atoms with Crippen LogP contribution >= 0.6 is 12.2 Å². The van der Waals surface area contributed by atoms with Crippen LogP contribution in [0, 0.1) is 20.2 Å². The third-order valence-corrected chi connectivity index (χ3v) is 5.63. The van der Waals surface area contributed by atoms with Crippen LogP contribution in [0.25, 0.3) is 21.8 Å². The predicted molar refractivity (Wildman–Crippen MR) is 150 cm³/mol. The Morgan fingerprint density at radius 1 is 0.974 bits per heavy atom. The molecule has 5 N–H and O–H groups in total. The first-order valence-electron chi connectivity index (χ1n) is 11.5. The summed E-state index contributed by atoms with van der Waals surface area (Å²) in [5, 5.41) is 39.5. The van der Waals surface area contributed by atoms with Gasteiger partial charge in [0.15, 0.2) is 5.11 Å². The number of pyridine rings is 1. The van der Waals surface area contributed by atoms with Gasteiger partial charge in [0.2, 0.25) is 0 Å². The van der Waals surface area contributed by atoms with Crippen molar-refractivity contribution in [3.05, 3.63) is 68.3 Å². The highest BCUT2D eigenvalue weighted by atomic mass is 32.1. The fourth-order valence-corrected chi connectivity index (χ4v) is 3.51. The van der Waals surface area contributed by atoms with Crippen LogP contribution < -0.4 is 16.0 Å². The molecule has 1 aromatic heterocycles. The number of carbonyl (C=O) groups is 1. The minimum Gasteiger partial charge on any atom is -0.382 e. The number of amides is 1. The largest absolute Gasteiger partial charge is 0.382 e. The number of hydrogen-bond donors (Lipinski definition) is 5. The maximum atomic E-state index is 12.9. The fraction of sp³-hybridized carbons (Fsp3) is 0.348. The maximum Gasteiger partial charge on any atom is 0.291 e. The standard InChI is InChI=1S/C23H30N6OS.2HNO3/c1-24-23(31)29(4)15-13-25-20-16-8-5-6-11-19(16)27-21-17(20)9-7-10-18(21)22(30)26-12-14-28(2)3;2*2-1(3)4/h5-11H,12-15H2,1-4H3,(H,24,31)(H,25,27)(H,26,30);2*(H,2,3,4). The Kier molecular flexibility index (Phi) is 13.6. The van der Waals surface area contributed by atoms with Gasteiger partial charge in [-0.1, -0.05) is 30.3 Å². The normalized spacial score (nSPS) is 9.97. The van der Waals surface area contributed by atoms with Crippen molar-refractivity contribution in [2.45, 2.75) is 0 Å². The molecule has 1 amide bonds. The van der Waals surface area contributed by atoms with Crippen molar-refractivity contribution in [3.63, 3.8) is 0 Å². The number of para-hydroxylation sites is 2. The van der Waals surface area contributed by atoms with E-state index in [4.69, 9.17) is 47.8 Å². The summed E-state index contributed by atoms with van der Waals surface area (Å²) in [6, 6.07) is 13.7. The minimum atomic E-state index is -1.50. The monoisotopic (exact) mass is 564 g/mol. The molecule has 0 fully saturated rings. The average Bonchev–Trinajstić information content (AvgIpc) is 2.86. The zero-order chi connectivity index (χ0) is 29.5. The molecular weight excluding hydrogens is 532 g/mol. The van der Waals surface area contributed by atoms with Crippen molar-refractivity contribution >= 4 is 50.7 Å². The number of nitrogens with one attached hydrogen (secondary N) is 3. The van der Waals surface area contributed by atoms with E-state index >= 15 is 0 Å². The molecule has 3 aromatic rings. The van der Waals surface area contributed by atoms with Gasteiger partial charge >= 0.3 is 0 Å². The molecule has 0 aliphatic rings. The Balaban J connectivity index is 0.000000838. The number of carbonyl (C=O) groups excluding carboxylic acids is 1. The number of benzene rings is 2. The van der Waals surface area contributed by atoms with Gasteiger partial charge in [0, 0.05) is 51.0 Å². The number of anilines is 1. The van der Waals surface area contributed by atoms with Crippen LogP contribution in [0.4, 0.5) is 5.69 Å². The predicted octanol–water partition coefficient (Wildman–Crippen LogP) is 1.83. The Hall–Kier alpha value is -4.57. The van der Waals surface area contributed by atoms with Gasteiger partial charge in [-0.05, 0) is 38.4 Å². The summed E-state index contributed by atoms with van der Waals surface area (Å²) in [6.45, 7) is 2.80. The summed E-state index contributed by atoms with van der Waals surface area (Å²) in [4.78, 5) is 38.5. The average molecular weight is 565 g/mol. The number of hydrogen-bond acceptors (Lipinski definition) is 9. The fourth-order valence-electron chi connectivity index (χ4n) is 3.42. The van der Waals surface area contributed by atoms with Crippen LogP contribution in [0.1, 0.15) is 10.4 Å². The molecule has 15 nitrogen and oxygen atoms in total. The smallest absolute Gasteiger partial charge is 0.291 e. The number of likely N-dealkylation sites (N-methyl/N-ethyl adjacent to an activating group) is 2. The highest BCUT2D eigenvalue weighted by Gasteiger charge is 2.16. The molecule has 0 atom stereocenters. The van der Waals surface area contributed by atoms with Gasteiger partial charge in [0.05, 0.1) is 22.3 Å². The summed E-state index contributed by atoms with van der Waals surface area (Å²) in [7, 11) is 7.74. The van der Waals surface area contributed by atoms with Crippen LogP contribution in [0.2, 0.25) is 0 Å². The second kappa shape index (κ2) is 16.3. The van der Waals surface area contributed by atoms with E-state index in [1.807, 2.05) is 74.4 Å². The number of rotatable bonds is 8. The molecule has 1 heterocycles. The summed E-state index contributed by atoms with van der Waals surface area (Å²) < 4.78 is 0. The molecule has 0 radical (unpaired) electrons. The lowest BCUT2D eigenvalue weighted by Gasteiger charge is -2.21. The molecule has 212 valence electrons. The summed E-state index contributed by atoms with van der Waals surface area (Å²) in [5.41, 5.74) is 3.11.